The van der Waals surface area contributed by atoms with Crippen LogP contribution in [0.2, 0.25) is 0 Å². The fraction of sp³-hybridized carbons (Fsp3) is 0.450. The number of nitrogens with one attached hydrogen (secondary N) is 1. The van der Waals surface area contributed by atoms with Gasteiger partial charge in [-0.3, -0.25) is 4.79 Å². The van der Waals surface area contributed by atoms with Crippen molar-refractivity contribution in [1.29, 1.82) is 0 Å². The summed E-state index contributed by atoms with van der Waals surface area (Å²) in [7, 11) is 0. The summed E-state index contributed by atoms with van der Waals surface area (Å²) < 4.78 is 13.4. The average Bonchev–Trinajstić information content (AvgIpc) is 2.63. The number of fused-ring (bicyclic) bond motifs is 3. The van der Waals surface area contributed by atoms with Gasteiger partial charge in [0, 0.05) is 30.3 Å². The van der Waals surface area contributed by atoms with Gasteiger partial charge in [0.2, 0.25) is 0 Å². The number of hydrogen-bond donors (Lipinski definition) is 1. The Bertz CT molecular complexity index is 851. The van der Waals surface area contributed by atoms with Crippen molar-refractivity contribution in [1.82, 2.24) is 4.57 Å². The minimum Gasteiger partial charge on any atom is -0.376 e. The molecule has 0 radical (unpaired) electrons. The van der Waals surface area contributed by atoms with Crippen molar-refractivity contribution < 1.29 is 9.47 Å². The molecular weight excluding hydrogens is 316 g/mol. The number of anilines is 1. The molecule has 1 saturated heterocycles. The van der Waals surface area contributed by atoms with Crippen LogP contribution in [0.25, 0.3) is 11.3 Å². The van der Waals surface area contributed by atoms with E-state index in [-0.39, 0.29) is 11.5 Å². The van der Waals surface area contributed by atoms with Gasteiger partial charge in [0.25, 0.3) is 0 Å². The van der Waals surface area contributed by atoms with Crippen LogP contribution in [0, 0.1) is 13.8 Å². The molecule has 0 unspecified atom stereocenters. The van der Waals surface area contributed by atoms with Crippen LogP contribution in [-0.2, 0) is 22.4 Å². The van der Waals surface area contributed by atoms with Crippen molar-refractivity contribution in [2.45, 2.75) is 32.9 Å². The van der Waals surface area contributed by atoms with Crippen molar-refractivity contribution >= 4 is 5.82 Å². The first-order chi connectivity index (χ1) is 12.1. The first-order valence-corrected chi connectivity index (χ1v) is 8.91. The number of rotatable bonds is 3. The topological polar surface area (TPSA) is 52.5 Å². The second kappa shape index (κ2) is 6.65. The van der Waals surface area contributed by atoms with E-state index in [9.17, 15) is 4.79 Å². The van der Waals surface area contributed by atoms with Gasteiger partial charge in [-0.05, 0) is 25.8 Å². The predicted molar refractivity (Wildman–Crippen MR) is 98.4 cm³/mol. The Hall–Kier alpha value is -2.11. The van der Waals surface area contributed by atoms with E-state index < -0.39 is 0 Å². The number of aromatic nitrogens is 1. The zero-order chi connectivity index (χ0) is 17.4. The molecule has 5 heteroatoms. The lowest BCUT2D eigenvalue weighted by molar-refractivity contribution is -0.0819. The fourth-order valence-corrected chi connectivity index (χ4v) is 3.74. The van der Waals surface area contributed by atoms with E-state index in [2.05, 4.69) is 35.0 Å². The lowest BCUT2D eigenvalue weighted by Gasteiger charge is -2.29. The van der Waals surface area contributed by atoms with Crippen LogP contribution in [0.5, 0.6) is 0 Å². The maximum absolute atomic E-state index is 12.5. The van der Waals surface area contributed by atoms with E-state index in [1.165, 1.54) is 16.7 Å². The molecule has 1 aromatic carbocycles. The first kappa shape index (κ1) is 16.4. The molecule has 0 spiro atoms. The molecule has 0 saturated carbocycles. The summed E-state index contributed by atoms with van der Waals surface area (Å²) in [5, 5.41) is 3.41. The van der Waals surface area contributed by atoms with Crippen LogP contribution in [0.3, 0.4) is 0 Å². The van der Waals surface area contributed by atoms with Crippen LogP contribution in [0.1, 0.15) is 16.7 Å². The van der Waals surface area contributed by atoms with Crippen LogP contribution in [-0.4, -0.2) is 37.0 Å². The van der Waals surface area contributed by atoms with Crippen molar-refractivity contribution in [3.05, 3.63) is 51.2 Å². The molecule has 1 aromatic heterocycles. The molecule has 25 heavy (non-hydrogen) atoms. The summed E-state index contributed by atoms with van der Waals surface area (Å²) in [5.41, 5.74) is 5.68. The molecule has 132 valence electrons. The summed E-state index contributed by atoms with van der Waals surface area (Å²) >= 11 is 0. The van der Waals surface area contributed by atoms with E-state index in [1.54, 1.807) is 6.07 Å². The molecule has 0 bridgehead atoms. The molecule has 5 nitrogen and oxygen atoms in total. The summed E-state index contributed by atoms with van der Waals surface area (Å²) in [6.07, 6.45) is 1.00. The van der Waals surface area contributed by atoms with E-state index >= 15 is 0 Å². The third-order valence-corrected chi connectivity index (χ3v) is 5.07. The third-order valence-electron chi connectivity index (χ3n) is 5.07. The maximum atomic E-state index is 12.5. The molecule has 1 N–H and O–H groups in total. The minimum absolute atomic E-state index is 0.0277. The van der Waals surface area contributed by atoms with E-state index in [0.29, 0.717) is 26.4 Å². The second-order valence-electron chi connectivity index (χ2n) is 6.88. The number of aryl methyl sites for hydroxylation is 2. The lowest BCUT2D eigenvalue weighted by Crippen LogP contribution is -2.35. The zero-order valence-electron chi connectivity index (χ0n) is 14.8. The quantitative estimate of drug-likeness (QED) is 0.933. The van der Waals surface area contributed by atoms with Crippen molar-refractivity contribution in [2.24, 2.45) is 0 Å². The lowest BCUT2D eigenvalue weighted by atomic mass is 9.93. The van der Waals surface area contributed by atoms with E-state index in [1.807, 2.05) is 6.92 Å². The van der Waals surface area contributed by atoms with Crippen molar-refractivity contribution in [3.63, 3.8) is 0 Å². The SMILES string of the molecule is Cc1ccc2c(c1)CCn1c(NC[C@@H]3COCCO3)cc(=O)c(C)c1-2. The third kappa shape index (κ3) is 3.10. The van der Waals surface area contributed by atoms with Gasteiger partial charge in [-0.15, -0.1) is 0 Å². The number of ether oxygens (including phenoxy) is 2. The van der Waals surface area contributed by atoms with E-state index in [4.69, 9.17) is 9.47 Å². The molecule has 0 aliphatic carbocycles. The molecule has 1 fully saturated rings. The Balaban J connectivity index is 1.70. The summed E-state index contributed by atoms with van der Waals surface area (Å²) in [4.78, 5) is 12.5. The van der Waals surface area contributed by atoms with Gasteiger partial charge in [0.15, 0.2) is 5.43 Å². The Kier molecular flexibility index (Phi) is 4.36. The average molecular weight is 340 g/mol. The van der Waals surface area contributed by atoms with Crippen molar-refractivity contribution in [2.75, 3.05) is 31.7 Å². The van der Waals surface area contributed by atoms with Gasteiger partial charge >= 0.3 is 0 Å². The fourth-order valence-electron chi connectivity index (χ4n) is 3.74. The summed E-state index contributed by atoms with van der Waals surface area (Å²) in [6.45, 7) is 7.43. The Morgan fingerprint density at radius 1 is 1.24 bits per heavy atom. The Morgan fingerprint density at radius 2 is 2.12 bits per heavy atom. The van der Waals surface area contributed by atoms with Gasteiger partial charge in [-0.2, -0.15) is 0 Å². The van der Waals surface area contributed by atoms with E-state index in [0.717, 1.165) is 30.0 Å². The Morgan fingerprint density at radius 3 is 2.92 bits per heavy atom. The summed E-state index contributed by atoms with van der Waals surface area (Å²) in [6, 6.07) is 8.20. The molecule has 3 heterocycles. The van der Waals surface area contributed by atoms with Crippen LogP contribution in [0.15, 0.2) is 29.1 Å². The molecule has 2 aliphatic rings. The van der Waals surface area contributed by atoms with Gasteiger partial charge in [-0.1, -0.05) is 23.8 Å². The predicted octanol–water partition coefficient (Wildman–Crippen LogP) is 2.52. The molecule has 0 amide bonds. The number of benzene rings is 1. The highest BCUT2D eigenvalue weighted by Gasteiger charge is 2.22. The van der Waals surface area contributed by atoms with Crippen LogP contribution < -0.4 is 10.7 Å². The summed E-state index contributed by atoms with van der Waals surface area (Å²) in [5.74, 6) is 0.867. The van der Waals surface area contributed by atoms with Crippen LogP contribution in [0.4, 0.5) is 5.82 Å². The second-order valence-corrected chi connectivity index (χ2v) is 6.88. The van der Waals surface area contributed by atoms with Gasteiger partial charge in [-0.25, -0.2) is 0 Å². The van der Waals surface area contributed by atoms with Crippen LogP contribution >= 0.6 is 0 Å². The van der Waals surface area contributed by atoms with Gasteiger partial charge in [0.1, 0.15) is 5.82 Å². The number of nitrogens with zero attached hydrogens (tertiary/aromatic N) is 1. The molecule has 1 atom stereocenters. The normalized spacial score (nSPS) is 19.2. The highest BCUT2D eigenvalue weighted by atomic mass is 16.6. The molecule has 4 rings (SSSR count). The number of hydrogen-bond acceptors (Lipinski definition) is 4. The smallest absolute Gasteiger partial charge is 0.187 e. The van der Waals surface area contributed by atoms with Gasteiger partial charge in [0.05, 0.1) is 31.6 Å². The molecule has 2 aromatic rings. The first-order valence-electron chi connectivity index (χ1n) is 8.91. The highest BCUT2D eigenvalue weighted by Crippen LogP contribution is 2.33. The Labute approximate surface area is 147 Å². The molecule has 2 aliphatic heterocycles. The number of pyridine rings is 1. The largest absolute Gasteiger partial charge is 0.376 e. The van der Waals surface area contributed by atoms with Crippen molar-refractivity contribution in [3.8, 4) is 11.3 Å². The molecular formula is C20H24N2O3. The zero-order valence-corrected chi connectivity index (χ0v) is 14.8. The monoisotopic (exact) mass is 340 g/mol. The maximum Gasteiger partial charge on any atom is 0.187 e. The highest BCUT2D eigenvalue weighted by molar-refractivity contribution is 5.71. The van der Waals surface area contributed by atoms with Gasteiger partial charge < -0.3 is 19.4 Å². The standard InChI is InChI=1S/C20H24N2O3/c1-13-3-4-17-15(9-13)5-6-22-19(10-18(23)14(2)20(17)22)21-11-16-12-24-7-8-25-16/h3-4,9-10,16,21H,5-8,11-12H2,1-2H3/t16-/m1/s1. The minimum atomic E-state index is 0.0277.